The van der Waals surface area contributed by atoms with Gasteiger partial charge >= 0.3 is 0 Å². The van der Waals surface area contributed by atoms with Crippen molar-refractivity contribution >= 4 is 37.0 Å². The quantitative estimate of drug-likeness (QED) is 0.599. The summed E-state index contributed by atoms with van der Waals surface area (Å²) in [4.78, 5) is 12.2. The zero-order valence-corrected chi connectivity index (χ0v) is 17.2. The molecule has 0 saturated heterocycles. The highest BCUT2D eigenvalue weighted by Gasteiger charge is 2.27. The molecule has 1 heterocycles. The lowest BCUT2D eigenvalue weighted by molar-refractivity contribution is -0.118. The van der Waals surface area contributed by atoms with E-state index in [1.807, 2.05) is 0 Å². The van der Waals surface area contributed by atoms with Crippen molar-refractivity contribution < 1.29 is 13.2 Å². The first kappa shape index (κ1) is 20.1. The van der Waals surface area contributed by atoms with E-state index in [2.05, 4.69) is 30.5 Å². The Hall–Kier alpha value is -1.20. The lowest BCUT2D eigenvalue weighted by Gasteiger charge is -2.18. The average molecular weight is 381 g/mol. The summed E-state index contributed by atoms with van der Waals surface area (Å²) < 4.78 is 24.7. The van der Waals surface area contributed by atoms with Gasteiger partial charge in [0.15, 0.2) is 9.84 Å². The molecule has 1 aromatic carbocycles. The number of fused-ring (bicyclic) bond motifs is 1. The second-order valence-corrected chi connectivity index (χ2v) is 11.4. The lowest BCUT2D eigenvalue weighted by atomic mass is 9.99. The first-order valence-electron chi connectivity index (χ1n) is 8.81. The molecule has 1 aromatic heterocycles. The number of unbranched alkanes of at least 4 members (excludes halogenated alkanes) is 2. The third-order valence-corrected chi connectivity index (χ3v) is 8.41. The van der Waals surface area contributed by atoms with Crippen molar-refractivity contribution in [3.8, 4) is 0 Å². The predicted octanol–water partition coefficient (Wildman–Crippen LogP) is 5.10. The number of aryl methyl sites for hydroxylation is 1. The molecule has 0 saturated carbocycles. The van der Waals surface area contributed by atoms with Crippen molar-refractivity contribution in [3.05, 3.63) is 34.7 Å². The molecule has 0 radical (unpaired) electrons. The zero-order chi connectivity index (χ0) is 18.7. The van der Waals surface area contributed by atoms with Crippen molar-refractivity contribution in [2.75, 3.05) is 5.75 Å². The van der Waals surface area contributed by atoms with E-state index in [1.165, 1.54) is 15.6 Å². The maximum atomic E-state index is 12.2. The molecule has 0 aliphatic rings. The molecule has 25 heavy (non-hydrogen) atoms. The Morgan fingerprint density at radius 2 is 1.80 bits per heavy atom. The van der Waals surface area contributed by atoms with E-state index < -0.39 is 14.6 Å². The number of sulfone groups is 1. The number of ketones is 1. The Kier molecular flexibility index (Phi) is 6.44. The van der Waals surface area contributed by atoms with Gasteiger partial charge in [-0.15, -0.1) is 11.3 Å². The van der Waals surface area contributed by atoms with Gasteiger partial charge in [-0.05, 0) is 68.5 Å². The van der Waals surface area contributed by atoms with Crippen LogP contribution >= 0.6 is 11.3 Å². The van der Waals surface area contributed by atoms with Crippen LogP contribution in [0.2, 0.25) is 0 Å². The van der Waals surface area contributed by atoms with Crippen molar-refractivity contribution in [2.45, 2.75) is 64.5 Å². The number of Topliss-reactive ketones (excluding diaryl/α,β-unsaturated/α-hetero) is 1. The van der Waals surface area contributed by atoms with Crippen LogP contribution in [-0.4, -0.2) is 24.7 Å². The third-order valence-electron chi connectivity index (χ3n) is 4.67. The normalized spacial score (nSPS) is 12.6. The highest BCUT2D eigenvalue weighted by molar-refractivity contribution is 7.92. The standard InChI is InChI=1S/C20H28O3S2/c1-15-17(10-9-16-11-12-24-19(15)16)14-18(21)8-6-5-7-13-25(22,23)20(2,3)4/h9-12H,5-8,13-14H2,1-4H3. The van der Waals surface area contributed by atoms with Gasteiger partial charge < -0.3 is 0 Å². The molecule has 2 rings (SSSR count). The van der Waals surface area contributed by atoms with Crippen LogP contribution in [0.15, 0.2) is 23.6 Å². The van der Waals surface area contributed by atoms with Gasteiger partial charge in [0, 0.05) is 17.5 Å². The molecule has 0 aliphatic carbocycles. The summed E-state index contributed by atoms with van der Waals surface area (Å²) in [7, 11) is -3.05. The van der Waals surface area contributed by atoms with Crippen molar-refractivity contribution in [1.82, 2.24) is 0 Å². The van der Waals surface area contributed by atoms with Crippen LogP contribution < -0.4 is 0 Å². The van der Waals surface area contributed by atoms with E-state index in [-0.39, 0.29) is 11.5 Å². The van der Waals surface area contributed by atoms with E-state index in [0.717, 1.165) is 18.4 Å². The summed E-state index contributed by atoms with van der Waals surface area (Å²) in [6.45, 7) is 7.29. The van der Waals surface area contributed by atoms with Crippen LogP contribution in [0.5, 0.6) is 0 Å². The molecule has 0 N–H and O–H groups in total. The van der Waals surface area contributed by atoms with Crippen LogP contribution in [-0.2, 0) is 21.1 Å². The van der Waals surface area contributed by atoms with Crippen LogP contribution in [0.3, 0.4) is 0 Å². The van der Waals surface area contributed by atoms with Crippen molar-refractivity contribution in [1.29, 1.82) is 0 Å². The molecule has 0 spiro atoms. The maximum absolute atomic E-state index is 12.2. The zero-order valence-electron chi connectivity index (χ0n) is 15.6. The molecular formula is C20H28O3S2. The number of benzene rings is 1. The van der Waals surface area contributed by atoms with E-state index in [9.17, 15) is 13.2 Å². The van der Waals surface area contributed by atoms with Crippen LogP contribution in [0, 0.1) is 6.92 Å². The molecule has 0 unspecified atom stereocenters. The second kappa shape index (κ2) is 8.00. The Morgan fingerprint density at radius 1 is 1.08 bits per heavy atom. The fraction of sp³-hybridized carbons (Fsp3) is 0.550. The summed E-state index contributed by atoms with van der Waals surface area (Å²) in [5.41, 5.74) is 2.31. The molecule has 0 bridgehead atoms. The topological polar surface area (TPSA) is 51.2 Å². The molecule has 2 aromatic rings. The summed E-state index contributed by atoms with van der Waals surface area (Å²) in [6.07, 6.45) is 3.17. The van der Waals surface area contributed by atoms with E-state index in [1.54, 1.807) is 32.1 Å². The number of rotatable bonds is 8. The third kappa shape index (κ3) is 5.14. The van der Waals surface area contributed by atoms with E-state index in [0.29, 0.717) is 19.3 Å². The molecule has 0 amide bonds. The largest absolute Gasteiger partial charge is 0.299 e. The van der Waals surface area contributed by atoms with Gasteiger partial charge in [-0.1, -0.05) is 18.6 Å². The van der Waals surface area contributed by atoms with Gasteiger partial charge in [0.25, 0.3) is 0 Å². The van der Waals surface area contributed by atoms with Gasteiger partial charge in [-0.2, -0.15) is 0 Å². The smallest absolute Gasteiger partial charge is 0.155 e. The summed E-state index contributed by atoms with van der Waals surface area (Å²) in [5, 5.41) is 3.31. The van der Waals surface area contributed by atoms with Crippen molar-refractivity contribution in [2.24, 2.45) is 0 Å². The molecule has 0 atom stereocenters. The maximum Gasteiger partial charge on any atom is 0.155 e. The van der Waals surface area contributed by atoms with Crippen molar-refractivity contribution in [3.63, 3.8) is 0 Å². The molecule has 0 fully saturated rings. The molecule has 138 valence electrons. The summed E-state index contributed by atoms with van der Waals surface area (Å²) in [5.74, 6) is 0.441. The molecule has 0 aliphatic heterocycles. The Bertz CT molecular complexity index is 839. The van der Waals surface area contributed by atoms with Crippen LogP contribution in [0.25, 0.3) is 10.1 Å². The van der Waals surface area contributed by atoms with Gasteiger partial charge in [0.2, 0.25) is 0 Å². The first-order valence-corrected chi connectivity index (χ1v) is 11.3. The van der Waals surface area contributed by atoms with Gasteiger partial charge in [0.05, 0.1) is 10.5 Å². The number of hydrogen-bond donors (Lipinski definition) is 0. The van der Waals surface area contributed by atoms with E-state index >= 15 is 0 Å². The fourth-order valence-electron chi connectivity index (χ4n) is 2.81. The minimum absolute atomic E-state index is 0.207. The van der Waals surface area contributed by atoms with Gasteiger partial charge in [-0.3, -0.25) is 4.79 Å². The first-order chi connectivity index (χ1) is 11.6. The predicted molar refractivity (Wildman–Crippen MR) is 107 cm³/mol. The van der Waals surface area contributed by atoms with Gasteiger partial charge in [-0.25, -0.2) is 8.42 Å². The SMILES string of the molecule is Cc1c(CC(=O)CCCCCS(=O)(=O)C(C)(C)C)ccc2ccsc12. The second-order valence-electron chi connectivity index (χ2n) is 7.65. The Balaban J connectivity index is 1.78. The fourth-order valence-corrected chi connectivity index (χ4v) is 4.93. The van der Waals surface area contributed by atoms with Gasteiger partial charge in [0.1, 0.15) is 5.78 Å². The van der Waals surface area contributed by atoms with Crippen LogP contribution in [0.1, 0.15) is 57.6 Å². The minimum atomic E-state index is -3.05. The molecular weight excluding hydrogens is 352 g/mol. The Labute approximate surface area is 155 Å². The van der Waals surface area contributed by atoms with Crippen LogP contribution in [0.4, 0.5) is 0 Å². The summed E-state index contributed by atoms with van der Waals surface area (Å²) >= 11 is 1.72. The number of hydrogen-bond acceptors (Lipinski definition) is 4. The summed E-state index contributed by atoms with van der Waals surface area (Å²) in [6, 6.07) is 6.24. The number of thiophene rings is 1. The average Bonchev–Trinajstić information content (AvgIpc) is 2.98. The molecule has 5 heteroatoms. The highest BCUT2D eigenvalue weighted by Crippen LogP contribution is 2.27. The Morgan fingerprint density at radius 3 is 2.48 bits per heavy atom. The van der Waals surface area contributed by atoms with E-state index in [4.69, 9.17) is 0 Å². The number of carbonyl (C=O) groups is 1. The highest BCUT2D eigenvalue weighted by atomic mass is 32.2. The number of carbonyl (C=O) groups excluding carboxylic acids is 1. The lowest BCUT2D eigenvalue weighted by Crippen LogP contribution is -2.30. The monoisotopic (exact) mass is 380 g/mol. The minimum Gasteiger partial charge on any atom is -0.299 e. The molecule has 3 nitrogen and oxygen atoms in total.